The minimum atomic E-state index is -0.167. The first-order valence-corrected chi connectivity index (χ1v) is 12.6. The maximum absolute atomic E-state index is 12.9. The summed E-state index contributed by atoms with van der Waals surface area (Å²) in [5, 5.41) is 19.1. The summed E-state index contributed by atoms with van der Waals surface area (Å²) in [5.41, 5.74) is 4.84. The monoisotopic (exact) mass is 494 g/mol. The number of rotatable bonds is 5. The number of anilines is 1. The Morgan fingerprint density at radius 3 is 2.49 bits per heavy atom. The zero-order valence-electron chi connectivity index (χ0n) is 18.5. The van der Waals surface area contributed by atoms with Crippen molar-refractivity contribution in [3.05, 3.63) is 94.8 Å². The Hall–Kier alpha value is -4.21. The van der Waals surface area contributed by atoms with Crippen LogP contribution in [-0.4, -0.2) is 30.7 Å². The molecule has 9 heteroatoms. The lowest BCUT2D eigenvalue weighted by atomic mass is 10.1. The van der Waals surface area contributed by atoms with Crippen LogP contribution in [0.4, 0.5) is 5.69 Å². The summed E-state index contributed by atoms with van der Waals surface area (Å²) in [6, 6.07) is 25.3. The van der Waals surface area contributed by atoms with Gasteiger partial charge in [0.1, 0.15) is 9.88 Å². The van der Waals surface area contributed by atoms with Gasteiger partial charge in [0.05, 0.1) is 16.3 Å². The van der Waals surface area contributed by atoms with Gasteiger partial charge < -0.3 is 5.32 Å². The van der Waals surface area contributed by atoms with Crippen LogP contribution in [0.5, 0.6) is 0 Å². The van der Waals surface area contributed by atoms with Crippen LogP contribution in [0.2, 0.25) is 0 Å². The van der Waals surface area contributed by atoms with Crippen molar-refractivity contribution in [1.82, 2.24) is 24.8 Å². The normalized spacial score (nSPS) is 11.1. The summed E-state index contributed by atoms with van der Waals surface area (Å²) in [5.74, 6) is 0.551. The molecule has 0 saturated heterocycles. The van der Waals surface area contributed by atoms with Crippen molar-refractivity contribution >= 4 is 39.9 Å². The molecule has 6 aromatic rings. The van der Waals surface area contributed by atoms with Gasteiger partial charge in [-0.15, -0.1) is 32.9 Å². The number of carbonyl (C=O) groups excluding carboxylic acids is 1. The molecule has 0 unspecified atom stereocenters. The number of fused-ring (bicyclic) bond motifs is 1. The number of nitrogens with zero attached hydrogens (tertiary/aromatic N) is 5. The number of nitrogens with one attached hydrogen (secondary N) is 1. The number of hydrogen-bond acceptors (Lipinski definition) is 7. The fourth-order valence-electron chi connectivity index (χ4n) is 3.73. The molecule has 0 aliphatic carbocycles. The molecule has 6 rings (SSSR count). The highest BCUT2D eigenvalue weighted by Crippen LogP contribution is 2.29. The van der Waals surface area contributed by atoms with Crippen LogP contribution >= 0.6 is 22.7 Å². The van der Waals surface area contributed by atoms with E-state index in [0.29, 0.717) is 16.2 Å². The molecule has 0 aliphatic rings. The molecule has 1 N–H and O–H groups in total. The van der Waals surface area contributed by atoms with E-state index in [1.807, 2.05) is 91.2 Å². The van der Waals surface area contributed by atoms with Crippen LogP contribution in [0.3, 0.4) is 0 Å². The third-order valence-corrected chi connectivity index (χ3v) is 7.54. The molecular weight excluding hydrogens is 476 g/mol. The van der Waals surface area contributed by atoms with Gasteiger partial charge in [-0.3, -0.25) is 4.79 Å². The van der Waals surface area contributed by atoms with E-state index in [1.165, 1.54) is 11.3 Å². The first kappa shape index (κ1) is 21.3. The Morgan fingerprint density at radius 2 is 1.71 bits per heavy atom. The van der Waals surface area contributed by atoms with Gasteiger partial charge in [-0.25, -0.2) is 4.98 Å². The van der Waals surface area contributed by atoms with Crippen LogP contribution in [0.15, 0.2) is 84.2 Å². The van der Waals surface area contributed by atoms with Crippen molar-refractivity contribution in [1.29, 1.82) is 0 Å². The van der Waals surface area contributed by atoms with Gasteiger partial charge in [-0.2, -0.15) is 9.61 Å². The minimum Gasteiger partial charge on any atom is -0.321 e. The van der Waals surface area contributed by atoms with E-state index in [1.54, 1.807) is 15.9 Å². The summed E-state index contributed by atoms with van der Waals surface area (Å²) in [6.45, 7) is 1.86. The Labute approximate surface area is 208 Å². The van der Waals surface area contributed by atoms with E-state index in [9.17, 15) is 4.79 Å². The molecule has 0 spiro atoms. The third kappa shape index (κ3) is 4.11. The second kappa shape index (κ2) is 8.86. The number of aryl methyl sites for hydroxylation is 1. The Kier molecular flexibility index (Phi) is 5.40. The number of thiophene rings is 1. The van der Waals surface area contributed by atoms with Crippen LogP contribution in [-0.2, 0) is 0 Å². The first-order valence-electron chi connectivity index (χ1n) is 10.9. The lowest BCUT2D eigenvalue weighted by Gasteiger charge is -2.06. The first-order chi connectivity index (χ1) is 17.2. The predicted molar refractivity (Wildman–Crippen MR) is 140 cm³/mol. The van der Waals surface area contributed by atoms with Gasteiger partial charge >= 0.3 is 0 Å². The highest BCUT2D eigenvalue weighted by atomic mass is 32.1. The average molecular weight is 495 g/mol. The zero-order valence-corrected chi connectivity index (χ0v) is 20.2. The second-order valence-corrected chi connectivity index (χ2v) is 9.77. The minimum absolute atomic E-state index is 0.167. The van der Waals surface area contributed by atoms with Gasteiger partial charge in [0.25, 0.3) is 5.91 Å². The number of amides is 1. The number of aromatic nitrogens is 5. The van der Waals surface area contributed by atoms with Gasteiger partial charge in [0, 0.05) is 16.8 Å². The standard InChI is InChI=1S/C26H18N6OS2/c1-16-23(35-26(27-16)18-6-3-2-4-7-18)25(33)28-19-11-9-17(10-12-19)20-13-14-22-29-30-24(32(22)31-20)21-8-5-15-34-21/h2-15H,1H3,(H,28,33). The summed E-state index contributed by atoms with van der Waals surface area (Å²) in [6.07, 6.45) is 0. The van der Waals surface area contributed by atoms with Crippen LogP contribution < -0.4 is 5.32 Å². The highest BCUT2D eigenvalue weighted by Gasteiger charge is 2.17. The molecule has 7 nitrogen and oxygen atoms in total. The molecule has 2 aromatic carbocycles. The number of carbonyl (C=O) groups is 1. The molecule has 170 valence electrons. The summed E-state index contributed by atoms with van der Waals surface area (Å²) < 4.78 is 1.76. The summed E-state index contributed by atoms with van der Waals surface area (Å²) in [4.78, 5) is 19.1. The molecular formula is C26H18N6OS2. The fourth-order valence-corrected chi connectivity index (χ4v) is 5.39. The van der Waals surface area contributed by atoms with Crippen LogP contribution in [0, 0.1) is 6.92 Å². The lowest BCUT2D eigenvalue weighted by Crippen LogP contribution is -2.11. The number of hydrogen-bond donors (Lipinski definition) is 1. The zero-order chi connectivity index (χ0) is 23.8. The van der Waals surface area contributed by atoms with Crippen molar-refractivity contribution in [2.24, 2.45) is 0 Å². The number of benzene rings is 2. The molecule has 0 radical (unpaired) electrons. The van der Waals surface area contributed by atoms with Gasteiger partial charge in [0.15, 0.2) is 11.5 Å². The largest absolute Gasteiger partial charge is 0.321 e. The smallest absolute Gasteiger partial charge is 0.267 e. The van der Waals surface area contributed by atoms with E-state index >= 15 is 0 Å². The van der Waals surface area contributed by atoms with Gasteiger partial charge in [0.2, 0.25) is 0 Å². The number of thiazole rings is 1. The quantitative estimate of drug-likeness (QED) is 0.308. The van der Waals surface area contributed by atoms with Crippen LogP contribution in [0.25, 0.3) is 38.2 Å². The molecule has 0 bridgehead atoms. The van der Waals surface area contributed by atoms with Crippen LogP contribution in [0.1, 0.15) is 15.4 Å². The van der Waals surface area contributed by atoms with E-state index < -0.39 is 0 Å². The molecule has 0 aliphatic heterocycles. The van der Waals surface area contributed by atoms with Crippen molar-refractivity contribution in [2.75, 3.05) is 5.32 Å². The van der Waals surface area contributed by atoms with E-state index in [2.05, 4.69) is 20.5 Å². The van der Waals surface area contributed by atoms with E-state index in [0.717, 1.165) is 38.2 Å². The molecule has 0 atom stereocenters. The van der Waals surface area contributed by atoms with E-state index in [4.69, 9.17) is 5.10 Å². The molecule has 0 saturated carbocycles. The predicted octanol–water partition coefficient (Wildman–Crippen LogP) is 6.20. The fraction of sp³-hybridized carbons (Fsp3) is 0.0385. The highest BCUT2D eigenvalue weighted by molar-refractivity contribution is 7.17. The van der Waals surface area contributed by atoms with Crippen molar-refractivity contribution in [2.45, 2.75) is 6.92 Å². The molecule has 0 fully saturated rings. The molecule has 1 amide bonds. The van der Waals surface area contributed by atoms with E-state index in [-0.39, 0.29) is 5.91 Å². The topological polar surface area (TPSA) is 85.1 Å². The Bertz CT molecular complexity index is 1640. The van der Waals surface area contributed by atoms with Gasteiger partial charge in [-0.1, -0.05) is 48.5 Å². The third-order valence-electron chi connectivity index (χ3n) is 5.47. The lowest BCUT2D eigenvalue weighted by molar-refractivity contribution is 0.103. The Morgan fingerprint density at radius 1 is 0.886 bits per heavy atom. The van der Waals surface area contributed by atoms with Crippen molar-refractivity contribution < 1.29 is 4.79 Å². The van der Waals surface area contributed by atoms with Crippen molar-refractivity contribution in [3.8, 4) is 32.5 Å². The van der Waals surface area contributed by atoms with Crippen molar-refractivity contribution in [3.63, 3.8) is 0 Å². The second-order valence-electron chi connectivity index (χ2n) is 7.82. The maximum Gasteiger partial charge on any atom is 0.267 e. The van der Waals surface area contributed by atoms with Gasteiger partial charge in [-0.05, 0) is 42.6 Å². The SMILES string of the molecule is Cc1nc(-c2ccccc2)sc1C(=O)Nc1ccc(-c2ccc3nnc(-c4cccs4)n3n2)cc1. The summed E-state index contributed by atoms with van der Waals surface area (Å²) in [7, 11) is 0. The maximum atomic E-state index is 12.9. The average Bonchev–Trinajstić information content (AvgIpc) is 3.64. The molecule has 35 heavy (non-hydrogen) atoms. The molecule has 4 heterocycles. The Balaban J connectivity index is 1.23. The summed E-state index contributed by atoms with van der Waals surface area (Å²) >= 11 is 2.99. The molecule has 4 aromatic heterocycles.